The molecule has 4 heteroatoms. The number of hydrogen-bond donors (Lipinski definition) is 1. The van der Waals surface area contributed by atoms with Crippen LogP contribution < -0.4 is 10.6 Å². The lowest BCUT2D eigenvalue weighted by atomic mass is 10.1. The van der Waals surface area contributed by atoms with Crippen LogP contribution in [0.4, 0.5) is 5.69 Å². The number of anilines is 1. The van der Waals surface area contributed by atoms with E-state index in [0.29, 0.717) is 0 Å². The Morgan fingerprint density at radius 2 is 2.06 bits per heavy atom. The van der Waals surface area contributed by atoms with E-state index in [-0.39, 0.29) is 0 Å². The molecule has 1 heterocycles. The number of benzene rings is 1. The zero-order valence-electron chi connectivity index (χ0n) is 9.29. The molecule has 1 aliphatic heterocycles. The molecule has 1 saturated heterocycles. The summed E-state index contributed by atoms with van der Waals surface area (Å²) in [6.45, 7) is 3.02. The van der Waals surface area contributed by atoms with Crippen molar-refractivity contribution in [2.24, 2.45) is 5.73 Å². The number of hydrogen-bond acceptors (Lipinski definition) is 3. The van der Waals surface area contributed by atoms with Gasteiger partial charge in [0.05, 0.1) is 0 Å². The third kappa shape index (κ3) is 2.93. The Bertz CT molecular complexity index is 351. The van der Waals surface area contributed by atoms with Crippen molar-refractivity contribution in [3.8, 4) is 0 Å². The van der Waals surface area contributed by atoms with Gasteiger partial charge < -0.3 is 10.6 Å². The first kappa shape index (κ1) is 12.3. The molecule has 1 aromatic rings. The second kappa shape index (κ2) is 5.94. The van der Waals surface area contributed by atoms with Gasteiger partial charge in [-0.1, -0.05) is 22.0 Å². The average Bonchev–Trinajstić information content (AvgIpc) is 2.33. The van der Waals surface area contributed by atoms with Crippen LogP contribution in [0.25, 0.3) is 0 Å². The fraction of sp³-hybridized carbons (Fsp3) is 0.500. The summed E-state index contributed by atoms with van der Waals surface area (Å²) in [5, 5.41) is 0. The third-order valence-corrected chi connectivity index (χ3v) is 4.25. The van der Waals surface area contributed by atoms with Gasteiger partial charge >= 0.3 is 0 Å². The lowest BCUT2D eigenvalue weighted by Gasteiger charge is -2.30. The summed E-state index contributed by atoms with van der Waals surface area (Å²) in [4.78, 5) is 2.48. The number of thioether (sulfide) groups is 1. The van der Waals surface area contributed by atoms with Crippen LogP contribution in [0, 0.1) is 0 Å². The summed E-state index contributed by atoms with van der Waals surface area (Å²) in [6.07, 6.45) is 0.965. The SMILES string of the molecule is NCCc1ccc(Br)cc1N1CCSCC1. The molecule has 0 aliphatic carbocycles. The van der Waals surface area contributed by atoms with Crippen molar-refractivity contribution in [3.05, 3.63) is 28.2 Å². The van der Waals surface area contributed by atoms with E-state index >= 15 is 0 Å². The number of nitrogens with zero attached hydrogens (tertiary/aromatic N) is 1. The Labute approximate surface area is 110 Å². The van der Waals surface area contributed by atoms with Crippen molar-refractivity contribution < 1.29 is 0 Å². The van der Waals surface area contributed by atoms with Crippen LogP contribution in [-0.2, 0) is 6.42 Å². The maximum Gasteiger partial charge on any atom is 0.0411 e. The Morgan fingerprint density at radius 3 is 2.75 bits per heavy atom. The molecule has 1 fully saturated rings. The van der Waals surface area contributed by atoms with Gasteiger partial charge in [0.25, 0.3) is 0 Å². The van der Waals surface area contributed by atoms with E-state index in [9.17, 15) is 0 Å². The van der Waals surface area contributed by atoms with E-state index < -0.39 is 0 Å². The summed E-state index contributed by atoms with van der Waals surface area (Å²) in [5.74, 6) is 2.46. The van der Waals surface area contributed by atoms with Gasteiger partial charge in [-0.2, -0.15) is 11.8 Å². The predicted molar refractivity (Wildman–Crippen MR) is 76.4 cm³/mol. The van der Waals surface area contributed by atoms with Crippen LogP contribution in [0.15, 0.2) is 22.7 Å². The maximum absolute atomic E-state index is 5.66. The van der Waals surface area contributed by atoms with Gasteiger partial charge in [-0.15, -0.1) is 0 Å². The van der Waals surface area contributed by atoms with Crippen LogP contribution in [0.3, 0.4) is 0 Å². The van der Waals surface area contributed by atoms with Gasteiger partial charge in [0.15, 0.2) is 0 Å². The number of rotatable bonds is 3. The normalized spacial score (nSPS) is 16.5. The van der Waals surface area contributed by atoms with Crippen molar-refractivity contribution in [3.63, 3.8) is 0 Å². The fourth-order valence-electron chi connectivity index (χ4n) is 2.00. The summed E-state index contributed by atoms with van der Waals surface area (Å²) < 4.78 is 1.15. The zero-order chi connectivity index (χ0) is 11.4. The highest BCUT2D eigenvalue weighted by molar-refractivity contribution is 9.10. The Hall–Kier alpha value is -0.190. The van der Waals surface area contributed by atoms with E-state index in [1.807, 2.05) is 11.8 Å². The molecule has 88 valence electrons. The zero-order valence-corrected chi connectivity index (χ0v) is 11.7. The highest BCUT2D eigenvalue weighted by Gasteiger charge is 2.14. The molecule has 1 aromatic carbocycles. The van der Waals surface area contributed by atoms with Crippen molar-refractivity contribution in [1.82, 2.24) is 0 Å². The minimum atomic E-state index is 0.719. The molecule has 0 aromatic heterocycles. The summed E-state index contributed by atoms with van der Waals surface area (Å²) >= 11 is 5.59. The van der Waals surface area contributed by atoms with Gasteiger partial charge in [0.1, 0.15) is 0 Å². The molecule has 2 rings (SSSR count). The first-order valence-electron chi connectivity index (χ1n) is 5.62. The Morgan fingerprint density at radius 1 is 1.31 bits per heavy atom. The van der Waals surface area contributed by atoms with E-state index in [1.54, 1.807) is 0 Å². The molecular weight excluding hydrogens is 284 g/mol. The highest BCUT2D eigenvalue weighted by atomic mass is 79.9. The molecule has 0 atom stereocenters. The Kier molecular flexibility index (Phi) is 4.55. The smallest absolute Gasteiger partial charge is 0.0411 e. The van der Waals surface area contributed by atoms with E-state index in [1.165, 1.54) is 22.8 Å². The topological polar surface area (TPSA) is 29.3 Å². The van der Waals surface area contributed by atoms with Gasteiger partial charge in [0, 0.05) is 34.8 Å². The highest BCUT2D eigenvalue weighted by Crippen LogP contribution is 2.27. The first-order valence-corrected chi connectivity index (χ1v) is 7.57. The number of halogens is 1. The van der Waals surface area contributed by atoms with E-state index in [2.05, 4.69) is 39.0 Å². The summed E-state index contributed by atoms with van der Waals surface area (Å²) in [7, 11) is 0. The molecule has 0 radical (unpaired) electrons. The van der Waals surface area contributed by atoms with Gasteiger partial charge in [-0.3, -0.25) is 0 Å². The average molecular weight is 301 g/mol. The molecule has 2 N–H and O–H groups in total. The summed E-state index contributed by atoms with van der Waals surface area (Å²) in [5.41, 5.74) is 8.40. The summed E-state index contributed by atoms with van der Waals surface area (Å²) in [6, 6.07) is 6.52. The molecular formula is C12H17BrN2S. The monoisotopic (exact) mass is 300 g/mol. The second-order valence-electron chi connectivity index (χ2n) is 3.91. The van der Waals surface area contributed by atoms with E-state index in [4.69, 9.17) is 5.73 Å². The molecule has 0 amide bonds. The molecule has 0 saturated carbocycles. The molecule has 0 unspecified atom stereocenters. The van der Waals surface area contributed by atoms with Crippen molar-refractivity contribution >= 4 is 33.4 Å². The lowest BCUT2D eigenvalue weighted by Crippen LogP contribution is -2.33. The van der Waals surface area contributed by atoms with Crippen molar-refractivity contribution in [2.45, 2.75) is 6.42 Å². The van der Waals surface area contributed by atoms with Gasteiger partial charge in [0.2, 0.25) is 0 Å². The van der Waals surface area contributed by atoms with Crippen LogP contribution in [0.5, 0.6) is 0 Å². The van der Waals surface area contributed by atoms with Crippen LogP contribution in [0.1, 0.15) is 5.56 Å². The number of nitrogens with two attached hydrogens (primary N) is 1. The van der Waals surface area contributed by atoms with Crippen molar-refractivity contribution in [1.29, 1.82) is 0 Å². The molecule has 0 bridgehead atoms. The minimum Gasteiger partial charge on any atom is -0.370 e. The first-order chi connectivity index (χ1) is 7.81. The molecule has 2 nitrogen and oxygen atoms in total. The van der Waals surface area contributed by atoms with Gasteiger partial charge in [-0.05, 0) is 30.7 Å². The van der Waals surface area contributed by atoms with Crippen LogP contribution >= 0.6 is 27.7 Å². The Balaban J connectivity index is 2.24. The quantitative estimate of drug-likeness (QED) is 0.930. The van der Waals surface area contributed by atoms with Crippen LogP contribution in [-0.4, -0.2) is 31.1 Å². The molecule has 16 heavy (non-hydrogen) atoms. The van der Waals surface area contributed by atoms with Gasteiger partial charge in [-0.25, -0.2) is 0 Å². The third-order valence-electron chi connectivity index (χ3n) is 2.81. The predicted octanol–water partition coefficient (Wildman–Crippen LogP) is 2.50. The standard InChI is InChI=1S/C12H17BrN2S/c13-11-2-1-10(3-4-14)12(9-11)15-5-7-16-8-6-15/h1-2,9H,3-8,14H2. The van der Waals surface area contributed by atoms with Crippen LogP contribution in [0.2, 0.25) is 0 Å². The lowest BCUT2D eigenvalue weighted by molar-refractivity contribution is 0.842. The maximum atomic E-state index is 5.66. The van der Waals surface area contributed by atoms with Crippen molar-refractivity contribution in [2.75, 3.05) is 36.0 Å². The fourth-order valence-corrected chi connectivity index (χ4v) is 3.25. The largest absolute Gasteiger partial charge is 0.370 e. The minimum absolute atomic E-state index is 0.719. The molecule has 0 spiro atoms. The second-order valence-corrected chi connectivity index (χ2v) is 6.05. The molecule has 1 aliphatic rings. The van der Waals surface area contributed by atoms with E-state index in [0.717, 1.165) is 30.5 Å².